The van der Waals surface area contributed by atoms with Crippen LogP contribution in [0.4, 0.5) is 0 Å². The molecule has 1 aromatic rings. The summed E-state index contributed by atoms with van der Waals surface area (Å²) in [6.07, 6.45) is 0.0210. The number of amides is 1. The van der Waals surface area contributed by atoms with Crippen LogP contribution >= 0.6 is 0 Å². The van der Waals surface area contributed by atoms with E-state index in [4.69, 9.17) is 16.7 Å². The number of hydrogen-bond donors (Lipinski definition) is 2. The van der Waals surface area contributed by atoms with E-state index >= 15 is 0 Å². The van der Waals surface area contributed by atoms with Crippen molar-refractivity contribution < 1.29 is 4.79 Å². The zero-order valence-corrected chi connectivity index (χ0v) is 8.26. The van der Waals surface area contributed by atoms with Crippen LogP contribution in [0.5, 0.6) is 0 Å². The van der Waals surface area contributed by atoms with Gasteiger partial charge >= 0.3 is 0 Å². The lowest BCUT2D eigenvalue weighted by Crippen LogP contribution is -2.32. The molecule has 0 radical (unpaired) electrons. The summed E-state index contributed by atoms with van der Waals surface area (Å²) in [5, 5.41) is 8.98. The first kappa shape index (κ1) is 11.2. The van der Waals surface area contributed by atoms with Gasteiger partial charge in [0.2, 0.25) is 5.91 Å². The van der Waals surface area contributed by atoms with Gasteiger partial charge in [0.1, 0.15) is 0 Å². The first-order chi connectivity index (χ1) is 7.15. The van der Waals surface area contributed by atoms with Crippen molar-refractivity contribution in [2.24, 2.45) is 11.5 Å². The molecule has 0 aliphatic rings. The minimum Gasteiger partial charge on any atom is -0.370 e. The maximum atomic E-state index is 10.7. The number of benzene rings is 1. The number of nitrogens with zero attached hydrogens (tertiary/aromatic N) is 1. The molecule has 0 fully saturated rings. The van der Waals surface area contributed by atoms with Gasteiger partial charge in [0.05, 0.1) is 12.0 Å². The minimum absolute atomic E-state index is 0.0210. The van der Waals surface area contributed by atoms with Crippen molar-refractivity contribution in [3.63, 3.8) is 0 Å². The number of nitrogens with two attached hydrogens (primary N) is 2. The number of primary amides is 1. The molecule has 2 atom stereocenters. The van der Waals surface area contributed by atoms with E-state index in [0.29, 0.717) is 0 Å². The van der Waals surface area contributed by atoms with E-state index < -0.39 is 17.9 Å². The van der Waals surface area contributed by atoms with Crippen LogP contribution in [0, 0.1) is 11.3 Å². The molecule has 4 N–H and O–H groups in total. The Morgan fingerprint density at radius 3 is 2.47 bits per heavy atom. The van der Waals surface area contributed by atoms with Crippen molar-refractivity contribution in [1.82, 2.24) is 0 Å². The second-order valence-corrected chi connectivity index (χ2v) is 3.35. The first-order valence-corrected chi connectivity index (χ1v) is 4.63. The summed E-state index contributed by atoms with van der Waals surface area (Å²) in [6, 6.07) is 10.7. The van der Waals surface area contributed by atoms with Crippen molar-refractivity contribution in [2.75, 3.05) is 0 Å². The molecule has 78 valence electrons. The van der Waals surface area contributed by atoms with Crippen LogP contribution in [0.2, 0.25) is 0 Å². The van der Waals surface area contributed by atoms with Gasteiger partial charge in [-0.25, -0.2) is 0 Å². The number of nitriles is 1. The molecule has 1 aromatic carbocycles. The highest BCUT2D eigenvalue weighted by Gasteiger charge is 2.20. The zero-order valence-electron chi connectivity index (χ0n) is 8.26. The third-order valence-corrected chi connectivity index (χ3v) is 2.16. The molecule has 0 saturated heterocycles. The lowest BCUT2D eigenvalue weighted by atomic mass is 9.91. The van der Waals surface area contributed by atoms with Crippen LogP contribution in [0.15, 0.2) is 30.3 Å². The van der Waals surface area contributed by atoms with E-state index in [-0.39, 0.29) is 6.42 Å². The zero-order chi connectivity index (χ0) is 11.3. The normalized spacial score (nSPS) is 13.9. The van der Waals surface area contributed by atoms with Crippen LogP contribution < -0.4 is 11.5 Å². The van der Waals surface area contributed by atoms with Crippen molar-refractivity contribution in [3.8, 4) is 6.07 Å². The minimum atomic E-state index is -0.546. The van der Waals surface area contributed by atoms with Gasteiger partial charge in [0, 0.05) is 12.5 Å². The van der Waals surface area contributed by atoms with Gasteiger partial charge in [0.25, 0.3) is 0 Å². The molecule has 0 aliphatic carbocycles. The predicted octanol–water partition coefficient (Wildman–Crippen LogP) is 0.496. The number of carbonyl (C=O) groups is 1. The monoisotopic (exact) mass is 203 g/mol. The summed E-state index contributed by atoms with van der Waals surface area (Å²) in [6.45, 7) is 0. The largest absolute Gasteiger partial charge is 0.370 e. The number of hydrogen-bond acceptors (Lipinski definition) is 3. The molecule has 0 saturated carbocycles. The highest BCUT2D eigenvalue weighted by molar-refractivity contribution is 5.74. The lowest BCUT2D eigenvalue weighted by Gasteiger charge is -2.16. The van der Waals surface area contributed by atoms with Gasteiger partial charge in [-0.2, -0.15) is 5.26 Å². The molecular weight excluding hydrogens is 190 g/mol. The average molecular weight is 203 g/mol. The van der Waals surface area contributed by atoms with Crippen LogP contribution in [-0.4, -0.2) is 11.9 Å². The maximum Gasteiger partial charge on any atom is 0.219 e. The van der Waals surface area contributed by atoms with Gasteiger partial charge in [-0.1, -0.05) is 30.3 Å². The van der Waals surface area contributed by atoms with Crippen molar-refractivity contribution >= 4 is 5.91 Å². The Morgan fingerprint density at radius 2 is 2.00 bits per heavy atom. The molecule has 2 unspecified atom stereocenters. The fourth-order valence-corrected chi connectivity index (χ4v) is 1.43. The standard InChI is InChI=1S/C11H13N3O/c12-7-9(10(13)6-11(14)15)8-4-2-1-3-5-8/h1-5,9-10H,6,13H2,(H2,14,15). The summed E-state index contributed by atoms with van der Waals surface area (Å²) in [5.74, 6) is -0.975. The van der Waals surface area contributed by atoms with E-state index in [0.717, 1.165) is 5.56 Å². The highest BCUT2D eigenvalue weighted by Crippen LogP contribution is 2.18. The SMILES string of the molecule is N#CC(c1ccccc1)C(N)CC(N)=O. The molecule has 0 aliphatic heterocycles. The van der Waals surface area contributed by atoms with Crippen LogP contribution in [0.25, 0.3) is 0 Å². The molecule has 0 spiro atoms. The Labute approximate surface area is 88.5 Å². The van der Waals surface area contributed by atoms with Gasteiger partial charge < -0.3 is 11.5 Å². The quantitative estimate of drug-likeness (QED) is 0.746. The molecule has 0 bridgehead atoms. The van der Waals surface area contributed by atoms with Crippen molar-refractivity contribution in [1.29, 1.82) is 5.26 Å². The summed E-state index contributed by atoms with van der Waals surface area (Å²) in [7, 11) is 0. The molecule has 1 amide bonds. The van der Waals surface area contributed by atoms with E-state index in [1.807, 2.05) is 30.3 Å². The fourth-order valence-electron chi connectivity index (χ4n) is 1.43. The number of carbonyl (C=O) groups excluding carboxylic acids is 1. The molecule has 4 heteroatoms. The predicted molar refractivity (Wildman–Crippen MR) is 56.6 cm³/mol. The second-order valence-electron chi connectivity index (χ2n) is 3.35. The molecule has 15 heavy (non-hydrogen) atoms. The Kier molecular flexibility index (Phi) is 3.83. The van der Waals surface area contributed by atoms with E-state index in [2.05, 4.69) is 6.07 Å². The fraction of sp³-hybridized carbons (Fsp3) is 0.273. The molecule has 0 aromatic heterocycles. The highest BCUT2D eigenvalue weighted by atomic mass is 16.1. The van der Waals surface area contributed by atoms with Gasteiger partial charge in [-0.3, -0.25) is 4.79 Å². The molecule has 4 nitrogen and oxygen atoms in total. The van der Waals surface area contributed by atoms with Gasteiger partial charge in [-0.15, -0.1) is 0 Å². The summed E-state index contributed by atoms with van der Waals surface area (Å²) in [4.78, 5) is 10.7. The van der Waals surface area contributed by atoms with E-state index in [1.165, 1.54) is 0 Å². The Hall–Kier alpha value is -1.86. The topological polar surface area (TPSA) is 92.9 Å². The van der Waals surface area contributed by atoms with Crippen LogP contribution in [0.3, 0.4) is 0 Å². The van der Waals surface area contributed by atoms with Gasteiger partial charge in [-0.05, 0) is 5.56 Å². The smallest absolute Gasteiger partial charge is 0.219 e. The maximum absolute atomic E-state index is 10.7. The Bertz CT molecular complexity index is 369. The molecular formula is C11H13N3O. The summed E-state index contributed by atoms with van der Waals surface area (Å²) in [5.41, 5.74) is 11.6. The lowest BCUT2D eigenvalue weighted by molar-refractivity contribution is -0.118. The third kappa shape index (κ3) is 3.08. The van der Waals surface area contributed by atoms with E-state index in [9.17, 15) is 4.79 Å². The summed E-state index contributed by atoms with van der Waals surface area (Å²) < 4.78 is 0. The van der Waals surface area contributed by atoms with Crippen molar-refractivity contribution in [3.05, 3.63) is 35.9 Å². The third-order valence-electron chi connectivity index (χ3n) is 2.16. The first-order valence-electron chi connectivity index (χ1n) is 4.63. The number of rotatable bonds is 4. The van der Waals surface area contributed by atoms with E-state index in [1.54, 1.807) is 0 Å². The van der Waals surface area contributed by atoms with Gasteiger partial charge in [0.15, 0.2) is 0 Å². The van der Waals surface area contributed by atoms with Crippen molar-refractivity contribution in [2.45, 2.75) is 18.4 Å². The second kappa shape index (κ2) is 5.13. The van der Waals surface area contributed by atoms with Crippen LogP contribution in [-0.2, 0) is 4.79 Å². The Balaban J connectivity index is 2.81. The molecule has 0 heterocycles. The average Bonchev–Trinajstić information content (AvgIpc) is 2.19. The summed E-state index contributed by atoms with van der Waals surface area (Å²) >= 11 is 0. The molecule has 1 rings (SSSR count). The van der Waals surface area contributed by atoms with Crippen LogP contribution in [0.1, 0.15) is 17.9 Å². The Morgan fingerprint density at radius 1 is 1.40 bits per heavy atom.